The number of carbonyl (C=O) groups is 2. The van der Waals surface area contributed by atoms with Gasteiger partial charge in [0.05, 0.1) is 11.7 Å². The zero-order valence-corrected chi connectivity index (χ0v) is 12.3. The molecule has 0 heterocycles. The van der Waals surface area contributed by atoms with Crippen LogP contribution in [-0.4, -0.2) is 31.7 Å². The Morgan fingerprint density at radius 2 is 1.81 bits per heavy atom. The monoisotopic (exact) mass is 316 g/mol. The Bertz CT molecular complexity index is 609. The fourth-order valence-electron chi connectivity index (χ4n) is 1.33. The zero-order valence-electron chi connectivity index (χ0n) is 11.5. The first-order chi connectivity index (χ1) is 9.69. The Balaban J connectivity index is 2.57. The first kappa shape index (κ1) is 16.9. The molecule has 1 amide bonds. The van der Waals surface area contributed by atoms with Crippen LogP contribution in [0.25, 0.3) is 0 Å². The minimum absolute atomic E-state index is 0.0931. The van der Waals surface area contributed by atoms with Gasteiger partial charge in [-0.15, -0.1) is 0 Å². The highest BCUT2D eigenvalue weighted by Gasteiger charge is 2.15. The minimum Gasteiger partial charge on any atom is -0.478 e. The van der Waals surface area contributed by atoms with Crippen molar-refractivity contribution >= 4 is 22.3 Å². The Morgan fingerprint density at radius 3 is 2.29 bits per heavy atom. The lowest BCUT2D eigenvalue weighted by atomic mass is 10.1. The molecule has 0 aromatic heterocycles. The van der Waals surface area contributed by atoms with Gasteiger partial charge in [-0.2, -0.15) is 13.1 Å². The summed E-state index contributed by atoms with van der Waals surface area (Å²) < 4.78 is 31.6. The van der Waals surface area contributed by atoms with Crippen molar-refractivity contribution in [3.05, 3.63) is 35.4 Å². The van der Waals surface area contributed by atoms with Gasteiger partial charge < -0.3 is 9.84 Å². The molecule has 0 radical (unpaired) electrons. The standard InChI is InChI=1S/C12H16N2O6S/c1-8(2)20-12(17)14-21(18,19)13-7-9-3-5-10(6-4-9)11(15)16/h3-6,8,13H,7H2,1-2H3,(H,14,17)(H,15,16). The average Bonchev–Trinajstić information content (AvgIpc) is 2.35. The summed E-state index contributed by atoms with van der Waals surface area (Å²) in [6.45, 7) is 3.08. The van der Waals surface area contributed by atoms with E-state index >= 15 is 0 Å². The highest BCUT2D eigenvalue weighted by Crippen LogP contribution is 2.04. The van der Waals surface area contributed by atoms with E-state index in [1.807, 2.05) is 0 Å². The lowest BCUT2D eigenvalue weighted by molar-refractivity contribution is 0.0696. The first-order valence-electron chi connectivity index (χ1n) is 6.00. The number of carbonyl (C=O) groups excluding carboxylic acids is 1. The molecular weight excluding hydrogens is 300 g/mol. The number of carboxylic acids is 1. The maximum atomic E-state index is 11.6. The molecule has 0 fully saturated rings. The van der Waals surface area contributed by atoms with Gasteiger partial charge in [-0.3, -0.25) is 0 Å². The minimum atomic E-state index is -4.04. The molecule has 0 aliphatic rings. The van der Waals surface area contributed by atoms with Crippen molar-refractivity contribution in [2.75, 3.05) is 0 Å². The molecule has 0 bridgehead atoms. The maximum Gasteiger partial charge on any atom is 0.422 e. The van der Waals surface area contributed by atoms with Crippen LogP contribution < -0.4 is 9.44 Å². The van der Waals surface area contributed by atoms with E-state index in [4.69, 9.17) is 5.11 Å². The van der Waals surface area contributed by atoms with Crippen molar-refractivity contribution in [2.45, 2.75) is 26.5 Å². The molecule has 1 rings (SSSR count). The SMILES string of the molecule is CC(C)OC(=O)NS(=O)(=O)NCc1ccc(C(=O)O)cc1. The van der Waals surface area contributed by atoms with E-state index in [2.05, 4.69) is 9.46 Å². The molecule has 116 valence electrons. The van der Waals surface area contributed by atoms with Crippen LogP contribution in [-0.2, 0) is 21.5 Å². The van der Waals surface area contributed by atoms with Crippen LogP contribution in [0.15, 0.2) is 24.3 Å². The van der Waals surface area contributed by atoms with E-state index in [0.29, 0.717) is 5.56 Å². The second kappa shape index (κ2) is 7.04. The third-order valence-electron chi connectivity index (χ3n) is 2.23. The fourth-order valence-corrected chi connectivity index (χ4v) is 2.02. The number of amides is 1. The number of hydrogen-bond donors (Lipinski definition) is 3. The van der Waals surface area contributed by atoms with E-state index in [9.17, 15) is 18.0 Å². The van der Waals surface area contributed by atoms with Crippen molar-refractivity contribution < 1.29 is 27.9 Å². The van der Waals surface area contributed by atoms with Crippen LogP contribution >= 0.6 is 0 Å². The second-order valence-electron chi connectivity index (χ2n) is 4.38. The Morgan fingerprint density at radius 1 is 1.24 bits per heavy atom. The Labute approximate surface area is 122 Å². The van der Waals surface area contributed by atoms with Crippen LogP contribution in [0, 0.1) is 0 Å². The highest BCUT2D eigenvalue weighted by atomic mass is 32.2. The molecular formula is C12H16N2O6S. The quantitative estimate of drug-likeness (QED) is 0.715. The topological polar surface area (TPSA) is 122 Å². The normalized spacial score (nSPS) is 11.2. The largest absolute Gasteiger partial charge is 0.478 e. The number of carboxylic acid groups (broad SMARTS) is 1. The molecule has 1 aromatic rings. The summed E-state index contributed by atoms with van der Waals surface area (Å²) in [5.74, 6) is -1.07. The molecule has 0 atom stereocenters. The number of rotatable bonds is 6. The van der Waals surface area contributed by atoms with Gasteiger partial charge in [0.15, 0.2) is 0 Å². The Kier molecular flexibility index (Phi) is 5.68. The summed E-state index contributed by atoms with van der Waals surface area (Å²) in [4.78, 5) is 21.8. The molecule has 0 saturated heterocycles. The molecule has 9 heteroatoms. The van der Waals surface area contributed by atoms with E-state index in [-0.39, 0.29) is 12.1 Å². The van der Waals surface area contributed by atoms with E-state index in [1.54, 1.807) is 18.6 Å². The summed E-state index contributed by atoms with van der Waals surface area (Å²) in [7, 11) is -4.04. The molecule has 0 unspecified atom stereocenters. The number of aromatic carboxylic acids is 1. The smallest absolute Gasteiger partial charge is 0.422 e. The summed E-state index contributed by atoms with van der Waals surface area (Å²) in [5, 5.41) is 8.73. The molecule has 8 nitrogen and oxygen atoms in total. The predicted octanol–water partition coefficient (Wildman–Crippen LogP) is 0.854. The number of nitrogens with one attached hydrogen (secondary N) is 2. The number of benzene rings is 1. The zero-order chi connectivity index (χ0) is 16.0. The van der Waals surface area contributed by atoms with Crippen LogP contribution in [0.4, 0.5) is 4.79 Å². The summed E-state index contributed by atoms with van der Waals surface area (Å²) in [5.41, 5.74) is 0.642. The lowest BCUT2D eigenvalue weighted by Crippen LogP contribution is -2.40. The van der Waals surface area contributed by atoms with Crippen LogP contribution in [0.5, 0.6) is 0 Å². The average molecular weight is 316 g/mol. The summed E-state index contributed by atoms with van der Waals surface area (Å²) in [6.07, 6.45) is -1.51. The summed E-state index contributed by atoms with van der Waals surface area (Å²) >= 11 is 0. The van der Waals surface area contributed by atoms with E-state index in [1.165, 1.54) is 24.3 Å². The molecule has 3 N–H and O–H groups in total. The predicted molar refractivity (Wildman–Crippen MR) is 73.9 cm³/mol. The van der Waals surface area contributed by atoms with E-state index < -0.39 is 28.4 Å². The van der Waals surface area contributed by atoms with Crippen LogP contribution in [0.2, 0.25) is 0 Å². The highest BCUT2D eigenvalue weighted by molar-refractivity contribution is 7.88. The van der Waals surface area contributed by atoms with E-state index in [0.717, 1.165) is 0 Å². The fraction of sp³-hybridized carbons (Fsp3) is 0.333. The first-order valence-corrected chi connectivity index (χ1v) is 7.48. The van der Waals surface area contributed by atoms with Crippen molar-refractivity contribution in [2.24, 2.45) is 0 Å². The van der Waals surface area contributed by atoms with Gasteiger partial charge in [0.2, 0.25) is 0 Å². The van der Waals surface area contributed by atoms with Crippen molar-refractivity contribution in [1.29, 1.82) is 0 Å². The van der Waals surface area contributed by atoms with Crippen molar-refractivity contribution in [3.63, 3.8) is 0 Å². The number of ether oxygens (including phenoxy) is 1. The van der Waals surface area contributed by atoms with Gasteiger partial charge >= 0.3 is 22.3 Å². The van der Waals surface area contributed by atoms with Gasteiger partial charge in [-0.05, 0) is 31.5 Å². The molecule has 1 aromatic carbocycles. The molecule has 21 heavy (non-hydrogen) atoms. The van der Waals surface area contributed by atoms with Crippen LogP contribution in [0.3, 0.4) is 0 Å². The second-order valence-corrected chi connectivity index (χ2v) is 5.88. The van der Waals surface area contributed by atoms with Gasteiger partial charge in [-0.1, -0.05) is 12.1 Å². The molecule has 0 spiro atoms. The maximum absolute atomic E-state index is 11.6. The van der Waals surface area contributed by atoms with Crippen molar-refractivity contribution in [3.8, 4) is 0 Å². The molecule has 0 aliphatic carbocycles. The van der Waals surface area contributed by atoms with Gasteiger partial charge in [0.1, 0.15) is 0 Å². The Hall–Kier alpha value is -2.13. The van der Waals surface area contributed by atoms with Crippen LogP contribution in [0.1, 0.15) is 29.8 Å². The van der Waals surface area contributed by atoms with Gasteiger partial charge in [0, 0.05) is 6.54 Å². The van der Waals surface area contributed by atoms with Gasteiger partial charge in [0.25, 0.3) is 0 Å². The third-order valence-corrected chi connectivity index (χ3v) is 3.19. The lowest BCUT2D eigenvalue weighted by Gasteiger charge is -2.11. The third kappa shape index (κ3) is 6.23. The van der Waals surface area contributed by atoms with Crippen molar-refractivity contribution in [1.82, 2.24) is 9.44 Å². The number of hydrogen-bond acceptors (Lipinski definition) is 5. The molecule has 0 aliphatic heterocycles. The summed E-state index contributed by atoms with van der Waals surface area (Å²) in [6, 6.07) is 5.65. The van der Waals surface area contributed by atoms with Gasteiger partial charge in [-0.25, -0.2) is 14.3 Å². The molecule has 0 saturated carbocycles.